The van der Waals surface area contributed by atoms with E-state index in [1.54, 1.807) is 0 Å². The SMILES string of the molecule is CCOc1ccc2c(c1F)C(F)(F)C(F)(F)c1c(F)cccc1-2. The molecular formula is C16H10F6O. The van der Waals surface area contributed by atoms with E-state index in [1.807, 2.05) is 0 Å². The molecule has 0 fully saturated rings. The maximum atomic E-state index is 14.3. The van der Waals surface area contributed by atoms with Crippen LogP contribution in [0.5, 0.6) is 5.75 Å². The lowest BCUT2D eigenvalue weighted by molar-refractivity contribution is -0.227. The number of rotatable bonds is 2. The monoisotopic (exact) mass is 332 g/mol. The van der Waals surface area contributed by atoms with Crippen molar-refractivity contribution in [1.29, 1.82) is 0 Å². The van der Waals surface area contributed by atoms with E-state index in [0.29, 0.717) is 6.07 Å². The molecule has 2 aromatic rings. The van der Waals surface area contributed by atoms with Crippen LogP contribution in [-0.2, 0) is 11.8 Å². The lowest BCUT2D eigenvalue weighted by Crippen LogP contribution is -2.41. The fourth-order valence-corrected chi connectivity index (χ4v) is 2.74. The predicted octanol–water partition coefficient (Wildman–Crippen LogP) is 5.23. The highest BCUT2D eigenvalue weighted by molar-refractivity contribution is 5.77. The van der Waals surface area contributed by atoms with Gasteiger partial charge in [0.2, 0.25) is 0 Å². The lowest BCUT2D eigenvalue weighted by Gasteiger charge is -2.35. The second-order valence-electron chi connectivity index (χ2n) is 5.04. The van der Waals surface area contributed by atoms with E-state index in [1.165, 1.54) is 6.92 Å². The van der Waals surface area contributed by atoms with Crippen LogP contribution >= 0.6 is 0 Å². The average molecular weight is 332 g/mol. The van der Waals surface area contributed by atoms with Gasteiger partial charge in [-0.1, -0.05) is 12.1 Å². The summed E-state index contributed by atoms with van der Waals surface area (Å²) in [7, 11) is 0. The van der Waals surface area contributed by atoms with Crippen molar-refractivity contribution in [3.8, 4) is 16.9 Å². The fraction of sp³-hybridized carbons (Fsp3) is 0.250. The molecule has 23 heavy (non-hydrogen) atoms. The van der Waals surface area contributed by atoms with E-state index in [9.17, 15) is 26.3 Å². The molecule has 0 heterocycles. The minimum Gasteiger partial charge on any atom is -0.491 e. The van der Waals surface area contributed by atoms with Crippen molar-refractivity contribution in [2.24, 2.45) is 0 Å². The van der Waals surface area contributed by atoms with E-state index in [2.05, 4.69) is 0 Å². The number of ether oxygens (including phenoxy) is 1. The van der Waals surface area contributed by atoms with E-state index in [4.69, 9.17) is 4.74 Å². The Hall–Kier alpha value is -2.18. The van der Waals surface area contributed by atoms with Gasteiger partial charge in [-0.15, -0.1) is 0 Å². The molecule has 0 saturated heterocycles. The Balaban J connectivity index is 2.42. The van der Waals surface area contributed by atoms with Gasteiger partial charge < -0.3 is 4.74 Å². The van der Waals surface area contributed by atoms with Crippen LogP contribution in [0.1, 0.15) is 18.1 Å². The van der Waals surface area contributed by atoms with Crippen molar-refractivity contribution in [3.05, 3.63) is 53.1 Å². The zero-order valence-corrected chi connectivity index (χ0v) is 11.8. The molecule has 0 aliphatic heterocycles. The van der Waals surface area contributed by atoms with Crippen LogP contribution in [0.25, 0.3) is 11.1 Å². The van der Waals surface area contributed by atoms with Gasteiger partial charge in [0.1, 0.15) is 5.82 Å². The van der Waals surface area contributed by atoms with Crippen LogP contribution in [0.3, 0.4) is 0 Å². The summed E-state index contributed by atoms with van der Waals surface area (Å²) in [4.78, 5) is 0. The Morgan fingerprint density at radius 2 is 1.48 bits per heavy atom. The molecule has 0 spiro atoms. The minimum atomic E-state index is -4.91. The summed E-state index contributed by atoms with van der Waals surface area (Å²) in [6.07, 6.45) is 0. The van der Waals surface area contributed by atoms with Crippen molar-refractivity contribution in [2.45, 2.75) is 18.8 Å². The maximum absolute atomic E-state index is 14.3. The van der Waals surface area contributed by atoms with Gasteiger partial charge in [-0.05, 0) is 36.2 Å². The van der Waals surface area contributed by atoms with Crippen LogP contribution in [0.2, 0.25) is 0 Å². The highest BCUT2D eigenvalue weighted by Gasteiger charge is 2.65. The number of hydrogen-bond donors (Lipinski definition) is 0. The maximum Gasteiger partial charge on any atom is 0.343 e. The first kappa shape index (κ1) is 15.7. The Labute approximate surface area is 127 Å². The Bertz CT molecular complexity index is 784. The largest absolute Gasteiger partial charge is 0.491 e. The quantitative estimate of drug-likeness (QED) is 0.685. The third-order valence-corrected chi connectivity index (χ3v) is 3.73. The van der Waals surface area contributed by atoms with Crippen LogP contribution in [0, 0.1) is 11.6 Å². The van der Waals surface area contributed by atoms with Crippen molar-refractivity contribution >= 4 is 0 Å². The predicted molar refractivity (Wildman–Crippen MR) is 70.8 cm³/mol. The molecule has 2 aromatic carbocycles. The summed E-state index contributed by atoms with van der Waals surface area (Å²) in [6, 6.07) is 4.92. The first-order valence-corrected chi connectivity index (χ1v) is 6.74. The number of fused-ring (bicyclic) bond motifs is 3. The summed E-state index contributed by atoms with van der Waals surface area (Å²) in [6.45, 7) is 1.47. The number of alkyl halides is 4. The fourth-order valence-electron chi connectivity index (χ4n) is 2.74. The molecule has 1 aliphatic carbocycles. The summed E-state index contributed by atoms with van der Waals surface area (Å²) in [5, 5.41) is 0. The summed E-state index contributed by atoms with van der Waals surface area (Å²) in [5.74, 6) is -13.4. The minimum absolute atomic E-state index is 0.0249. The standard InChI is InChI=1S/C16H10F6O/c1-2-23-11-7-6-9-8-4-3-5-10(17)12(8)15(19,20)16(21,22)13(9)14(11)18/h3-7H,2H2,1H3. The van der Waals surface area contributed by atoms with Crippen molar-refractivity contribution in [3.63, 3.8) is 0 Å². The van der Waals surface area contributed by atoms with Gasteiger partial charge in [0.25, 0.3) is 0 Å². The number of hydrogen-bond acceptors (Lipinski definition) is 1. The highest BCUT2D eigenvalue weighted by atomic mass is 19.3. The average Bonchev–Trinajstić information content (AvgIpc) is 2.47. The first-order chi connectivity index (χ1) is 10.7. The third kappa shape index (κ3) is 1.95. The van der Waals surface area contributed by atoms with Gasteiger partial charge >= 0.3 is 11.8 Å². The van der Waals surface area contributed by atoms with Gasteiger partial charge in [-0.3, -0.25) is 0 Å². The van der Waals surface area contributed by atoms with Gasteiger partial charge in [-0.25, -0.2) is 8.78 Å². The third-order valence-electron chi connectivity index (χ3n) is 3.73. The Morgan fingerprint density at radius 3 is 2.13 bits per heavy atom. The van der Waals surface area contributed by atoms with Crippen LogP contribution in [-0.4, -0.2) is 6.61 Å². The molecule has 0 aromatic heterocycles. The van der Waals surface area contributed by atoms with Crippen LogP contribution in [0.15, 0.2) is 30.3 Å². The zero-order valence-electron chi connectivity index (χ0n) is 11.8. The molecular weight excluding hydrogens is 322 g/mol. The van der Waals surface area contributed by atoms with E-state index >= 15 is 0 Å². The number of benzene rings is 2. The van der Waals surface area contributed by atoms with E-state index < -0.39 is 51.5 Å². The normalized spacial score (nSPS) is 17.3. The molecule has 0 radical (unpaired) electrons. The second kappa shape index (κ2) is 4.91. The second-order valence-corrected chi connectivity index (χ2v) is 5.04. The zero-order chi connectivity index (χ0) is 17.0. The molecule has 0 saturated carbocycles. The lowest BCUT2D eigenvalue weighted by atomic mass is 9.80. The topological polar surface area (TPSA) is 9.23 Å². The molecule has 0 amide bonds. The summed E-state index contributed by atoms with van der Waals surface area (Å²) >= 11 is 0. The molecule has 122 valence electrons. The molecule has 0 bridgehead atoms. The van der Waals surface area contributed by atoms with Crippen molar-refractivity contribution in [2.75, 3.05) is 6.61 Å². The summed E-state index contributed by atoms with van der Waals surface area (Å²) in [5.41, 5.74) is -3.85. The van der Waals surface area contributed by atoms with Gasteiger partial charge in [0.15, 0.2) is 11.6 Å². The molecule has 1 nitrogen and oxygen atoms in total. The van der Waals surface area contributed by atoms with Crippen LogP contribution < -0.4 is 4.74 Å². The summed E-state index contributed by atoms with van der Waals surface area (Å²) < 4.78 is 90.0. The highest BCUT2D eigenvalue weighted by Crippen LogP contribution is 2.59. The van der Waals surface area contributed by atoms with Gasteiger partial charge in [-0.2, -0.15) is 17.6 Å². The Kier molecular flexibility index (Phi) is 3.35. The smallest absolute Gasteiger partial charge is 0.343 e. The van der Waals surface area contributed by atoms with Crippen molar-refractivity contribution in [1.82, 2.24) is 0 Å². The van der Waals surface area contributed by atoms with Gasteiger partial charge in [0, 0.05) is 0 Å². The molecule has 0 N–H and O–H groups in total. The molecule has 7 heteroatoms. The van der Waals surface area contributed by atoms with E-state index in [0.717, 1.165) is 24.3 Å². The number of halogens is 6. The van der Waals surface area contributed by atoms with Crippen LogP contribution in [0.4, 0.5) is 26.3 Å². The van der Waals surface area contributed by atoms with Crippen molar-refractivity contribution < 1.29 is 31.1 Å². The molecule has 1 aliphatic rings. The molecule has 3 rings (SSSR count). The molecule has 0 unspecified atom stereocenters. The Morgan fingerprint density at radius 1 is 0.870 bits per heavy atom. The molecule has 0 atom stereocenters. The van der Waals surface area contributed by atoms with E-state index in [-0.39, 0.29) is 6.61 Å². The first-order valence-electron chi connectivity index (χ1n) is 6.74. The van der Waals surface area contributed by atoms with Gasteiger partial charge in [0.05, 0.1) is 17.7 Å².